The van der Waals surface area contributed by atoms with Crippen LogP contribution in [0.3, 0.4) is 0 Å². The Balaban J connectivity index is 2.54. The molecule has 1 aromatic heterocycles. The summed E-state index contributed by atoms with van der Waals surface area (Å²) in [6, 6.07) is -0.785. The van der Waals surface area contributed by atoms with Gasteiger partial charge in [-0.1, -0.05) is 0 Å². The van der Waals surface area contributed by atoms with Gasteiger partial charge in [-0.15, -0.1) is 0 Å². The lowest BCUT2D eigenvalue weighted by Crippen LogP contribution is -2.57. The summed E-state index contributed by atoms with van der Waals surface area (Å²) in [5.41, 5.74) is 1.59. The van der Waals surface area contributed by atoms with E-state index < -0.39 is 28.5 Å². The number of nitro groups is 1. The number of amides is 2. The fourth-order valence-corrected chi connectivity index (χ4v) is 1.83. The molecular formula is C9H11N7O4. The number of hydrogen-bond donors (Lipinski definition) is 3. The highest BCUT2D eigenvalue weighted by Gasteiger charge is 2.36. The summed E-state index contributed by atoms with van der Waals surface area (Å²) in [6.07, 6.45) is 1.06. The van der Waals surface area contributed by atoms with Gasteiger partial charge >= 0.3 is 5.69 Å². The van der Waals surface area contributed by atoms with Crippen LogP contribution >= 0.6 is 0 Å². The molecule has 11 heteroatoms. The van der Waals surface area contributed by atoms with Crippen LogP contribution in [0.4, 0.5) is 17.3 Å². The number of carbonyl (C=O) groups excluding carboxylic acids is 2. The van der Waals surface area contributed by atoms with Gasteiger partial charge in [-0.3, -0.25) is 25.0 Å². The number of nitrogen functional groups attached to an aromatic ring is 1. The molecule has 0 spiro atoms. The maximum absolute atomic E-state index is 11.6. The van der Waals surface area contributed by atoms with Crippen molar-refractivity contribution in [3.8, 4) is 0 Å². The number of aromatic nitrogens is 2. The average Bonchev–Trinajstić information content (AvgIpc) is 2.41. The van der Waals surface area contributed by atoms with Crippen LogP contribution in [0, 0.1) is 10.1 Å². The molecule has 11 nitrogen and oxygen atoms in total. The maximum atomic E-state index is 11.6. The lowest BCUT2D eigenvalue weighted by atomic mass is 10.2. The van der Waals surface area contributed by atoms with Gasteiger partial charge in [0.05, 0.1) is 11.5 Å². The van der Waals surface area contributed by atoms with Crippen molar-refractivity contribution in [2.24, 2.45) is 5.84 Å². The summed E-state index contributed by atoms with van der Waals surface area (Å²) in [7, 11) is 0. The molecule has 1 fully saturated rings. The van der Waals surface area contributed by atoms with Crippen molar-refractivity contribution in [2.45, 2.75) is 13.0 Å². The van der Waals surface area contributed by atoms with Crippen molar-refractivity contribution in [1.82, 2.24) is 15.3 Å². The van der Waals surface area contributed by atoms with E-state index in [0.717, 1.165) is 6.33 Å². The molecule has 0 aromatic carbocycles. The zero-order valence-corrected chi connectivity index (χ0v) is 10.4. The standard InChI is InChI=1S/C9H11N7O4/c1-4-9(18)13-5(17)2-15(4)8-6(16(19)20)7(14-10)11-3-12-8/h3-4H,2,10H2,1H3,(H,11,12,14)(H,13,17,18). The van der Waals surface area contributed by atoms with E-state index in [1.54, 1.807) is 0 Å². The molecule has 0 saturated carbocycles. The first-order valence-electron chi connectivity index (χ1n) is 5.52. The summed E-state index contributed by atoms with van der Waals surface area (Å²) >= 11 is 0. The Morgan fingerprint density at radius 1 is 1.55 bits per heavy atom. The number of imide groups is 1. The number of piperazine rings is 1. The van der Waals surface area contributed by atoms with E-state index in [1.807, 2.05) is 0 Å². The number of anilines is 2. The third-order valence-electron chi connectivity index (χ3n) is 2.82. The lowest BCUT2D eigenvalue weighted by molar-refractivity contribution is -0.383. The predicted octanol–water partition coefficient (Wildman–Crippen LogP) is -1.48. The highest BCUT2D eigenvalue weighted by molar-refractivity contribution is 6.04. The second kappa shape index (κ2) is 5.05. The van der Waals surface area contributed by atoms with Gasteiger partial charge in [0.1, 0.15) is 12.4 Å². The number of hydrogen-bond acceptors (Lipinski definition) is 9. The summed E-state index contributed by atoms with van der Waals surface area (Å²) in [6.45, 7) is 1.28. The molecule has 1 saturated heterocycles. The minimum absolute atomic E-state index is 0.145. The van der Waals surface area contributed by atoms with E-state index in [1.165, 1.54) is 11.8 Å². The minimum atomic E-state index is -0.785. The normalized spacial score (nSPS) is 18.7. The SMILES string of the molecule is CC1C(=O)NC(=O)CN1c1ncnc(NN)c1[N+](=O)[O-]. The first-order valence-corrected chi connectivity index (χ1v) is 5.52. The Hall–Kier alpha value is -2.82. The average molecular weight is 281 g/mol. The van der Waals surface area contributed by atoms with Crippen molar-refractivity contribution in [3.63, 3.8) is 0 Å². The van der Waals surface area contributed by atoms with E-state index >= 15 is 0 Å². The largest absolute Gasteiger partial charge is 0.354 e. The number of nitrogens with two attached hydrogens (primary N) is 1. The van der Waals surface area contributed by atoms with Gasteiger partial charge < -0.3 is 10.3 Å². The molecule has 0 radical (unpaired) electrons. The third-order valence-corrected chi connectivity index (χ3v) is 2.82. The van der Waals surface area contributed by atoms with Crippen LogP contribution in [0.15, 0.2) is 6.33 Å². The fraction of sp³-hybridized carbons (Fsp3) is 0.333. The second-order valence-corrected chi connectivity index (χ2v) is 4.01. The summed E-state index contributed by atoms with van der Waals surface area (Å²) in [4.78, 5) is 42.1. The van der Waals surface area contributed by atoms with Crippen molar-refractivity contribution >= 4 is 29.1 Å². The molecule has 2 heterocycles. The van der Waals surface area contributed by atoms with E-state index in [0.29, 0.717) is 0 Å². The molecule has 1 unspecified atom stereocenters. The summed E-state index contributed by atoms with van der Waals surface area (Å²) < 4.78 is 0. The van der Waals surface area contributed by atoms with Gasteiger partial charge in [-0.05, 0) is 6.92 Å². The van der Waals surface area contributed by atoms with Gasteiger partial charge in [0.15, 0.2) is 0 Å². The van der Waals surface area contributed by atoms with Gasteiger partial charge in [-0.25, -0.2) is 15.8 Å². The molecule has 1 aliphatic heterocycles. The fourth-order valence-electron chi connectivity index (χ4n) is 1.83. The molecule has 1 atom stereocenters. The molecule has 4 N–H and O–H groups in total. The Morgan fingerprint density at radius 3 is 2.85 bits per heavy atom. The number of rotatable bonds is 3. The minimum Gasteiger partial charge on any atom is -0.330 e. The molecule has 2 rings (SSSR count). The quantitative estimate of drug-likeness (QED) is 0.260. The highest BCUT2D eigenvalue weighted by atomic mass is 16.6. The van der Waals surface area contributed by atoms with Crippen molar-refractivity contribution in [1.29, 1.82) is 0 Å². The molecule has 106 valence electrons. The number of nitrogens with zero attached hydrogens (tertiary/aromatic N) is 4. The zero-order valence-electron chi connectivity index (χ0n) is 10.4. The highest BCUT2D eigenvalue weighted by Crippen LogP contribution is 2.32. The van der Waals surface area contributed by atoms with Crippen LogP contribution in [-0.4, -0.2) is 39.3 Å². The monoisotopic (exact) mass is 281 g/mol. The van der Waals surface area contributed by atoms with Crippen molar-refractivity contribution in [2.75, 3.05) is 16.9 Å². The molecule has 1 aromatic rings. The van der Waals surface area contributed by atoms with Gasteiger partial charge in [0.2, 0.25) is 23.5 Å². The Kier molecular flexibility index (Phi) is 3.43. The van der Waals surface area contributed by atoms with Gasteiger partial charge in [0.25, 0.3) is 0 Å². The molecule has 1 aliphatic rings. The van der Waals surface area contributed by atoms with Crippen LogP contribution in [0.2, 0.25) is 0 Å². The van der Waals surface area contributed by atoms with Gasteiger partial charge in [0, 0.05) is 0 Å². The topological polar surface area (TPSA) is 156 Å². The van der Waals surface area contributed by atoms with Crippen LogP contribution in [0.1, 0.15) is 6.92 Å². The van der Waals surface area contributed by atoms with Crippen molar-refractivity contribution < 1.29 is 14.5 Å². The van der Waals surface area contributed by atoms with E-state index in [-0.39, 0.29) is 18.2 Å². The van der Waals surface area contributed by atoms with Crippen LogP contribution in [0.25, 0.3) is 0 Å². The summed E-state index contributed by atoms with van der Waals surface area (Å²) in [5, 5.41) is 13.3. The van der Waals surface area contributed by atoms with Crippen LogP contribution in [0.5, 0.6) is 0 Å². The summed E-state index contributed by atoms with van der Waals surface area (Å²) in [5.74, 6) is 3.69. The Labute approximate surface area is 112 Å². The predicted molar refractivity (Wildman–Crippen MR) is 66.5 cm³/mol. The Bertz CT molecular complexity index is 590. The number of carbonyl (C=O) groups is 2. The Morgan fingerprint density at radius 2 is 2.25 bits per heavy atom. The molecule has 0 aliphatic carbocycles. The number of hydrazine groups is 1. The molecule has 20 heavy (non-hydrogen) atoms. The smallest absolute Gasteiger partial charge is 0.330 e. The zero-order chi connectivity index (χ0) is 14.9. The molecular weight excluding hydrogens is 270 g/mol. The molecule has 0 bridgehead atoms. The van der Waals surface area contributed by atoms with Gasteiger partial charge in [-0.2, -0.15) is 0 Å². The third kappa shape index (κ3) is 2.21. The second-order valence-electron chi connectivity index (χ2n) is 4.01. The van der Waals surface area contributed by atoms with Crippen LogP contribution < -0.4 is 21.5 Å². The molecule has 2 amide bonds. The van der Waals surface area contributed by atoms with E-state index in [2.05, 4.69) is 20.7 Å². The van der Waals surface area contributed by atoms with Crippen LogP contribution in [-0.2, 0) is 9.59 Å². The van der Waals surface area contributed by atoms with E-state index in [9.17, 15) is 19.7 Å². The van der Waals surface area contributed by atoms with Crippen molar-refractivity contribution in [3.05, 3.63) is 16.4 Å². The maximum Gasteiger partial charge on any atom is 0.354 e. The van der Waals surface area contributed by atoms with E-state index in [4.69, 9.17) is 5.84 Å². The lowest BCUT2D eigenvalue weighted by Gasteiger charge is -2.32. The number of nitrogens with one attached hydrogen (secondary N) is 2. The first kappa shape index (κ1) is 13.6. The first-order chi connectivity index (χ1) is 9.45.